The number of piperidine rings is 1. The molecule has 21 heavy (non-hydrogen) atoms. The van der Waals surface area contributed by atoms with E-state index < -0.39 is 0 Å². The van der Waals surface area contributed by atoms with Crippen molar-refractivity contribution in [3.05, 3.63) is 0 Å². The first-order valence-electron chi connectivity index (χ1n) is 8.37. The Hall–Kier alpha value is -0.200. The monoisotopic (exact) mass is 299 g/mol. The molecule has 2 fully saturated rings. The summed E-state index contributed by atoms with van der Waals surface area (Å²) in [5.41, 5.74) is 5.81. The van der Waals surface area contributed by atoms with Gasteiger partial charge in [0.1, 0.15) is 0 Å². The second-order valence-electron chi connectivity index (χ2n) is 6.80. The third kappa shape index (κ3) is 3.96. The molecule has 0 aromatic carbocycles. The van der Waals surface area contributed by atoms with Crippen molar-refractivity contribution >= 4 is 0 Å². The minimum atomic E-state index is -0.266. The topological polar surface area (TPSA) is 51.0 Å². The molecule has 0 bridgehead atoms. The Kier molecular flexibility index (Phi) is 6.44. The van der Waals surface area contributed by atoms with Crippen molar-refractivity contribution < 1.29 is 9.47 Å². The lowest BCUT2D eigenvalue weighted by Crippen LogP contribution is -2.62. The van der Waals surface area contributed by atoms with E-state index in [0.717, 1.165) is 19.0 Å². The van der Waals surface area contributed by atoms with E-state index in [1.165, 1.54) is 45.3 Å². The van der Waals surface area contributed by atoms with Crippen molar-refractivity contribution in [2.45, 2.75) is 44.4 Å². The molecule has 2 aliphatic heterocycles. The number of nitrogens with two attached hydrogens (primary N) is 1. The number of rotatable bonds is 7. The number of methoxy groups -OCH3 is 2. The van der Waals surface area contributed by atoms with Gasteiger partial charge in [0, 0.05) is 27.3 Å². The van der Waals surface area contributed by atoms with Gasteiger partial charge in [-0.05, 0) is 64.7 Å². The molecule has 1 atom stereocenters. The molecule has 0 aromatic heterocycles. The van der Waals surface area contributed by atoms with E-state index in [-0.39, 0.29) is 11.8 Å². The van der Waals surface area contributed by atoms with Crippen molar-refractivity contribution in [2.75, 3.05) is 53.5 Å². The van der Waals surface area contributed by atoms with Crippen LogP contribution in [0.3, 0.4) is 0 Å². The SMILES string of the molecule is COC(OC)C(C)(CN)N1CCC(CN2CCCC2)CC1. The van der Waals surface area contributed by atoms with E-state index in [4.69, 9.17) is 15.2 Å². The molecule has 0 radical (unpaired) electrons. The average Bonchev–Trinajstić information content (AvgIpc) is 3.02. The lowest BCUT2D eigenvalue weighted by molar-refractivity contribution is -0.185. The molecule has 1 unspecified atom stereocenters. The molecule has 5 nitrogen and oxygen atoms in total. The number of nitrogens with zero attached hydrogens (tertiary/aromatic N) is 2. The first kappa shape index (κ1) is 17.2. The van der Waals surface area contributed by atoms with Gasteiger partial charge in [0.15, 0.2) is 6.29 Å². The molecular formula is C16H33N3O2. The third-order valence-corrected chi connectivity index (χ3v) is 5.40. The summed E-state index contributed by atoms with van der Waals surface area (Å²) in [6.07, 6.45) is 5.01. The van der Waals surface area contributed by atoms with E-state index in [0.29, 0.717) is 6.54 Å². The first-order chi connectivity index (χ1) is 10.1. The second-order valence-corrected chi connectivity index (χ2v) is 6.80. The zero-order chi connectivity index (χ0) is 15.3. The lowest BCUT2D eigenvalue weighted by Gasteiger charge is -2.47. The van der Waals surface area contributed by atoms with Crippen molar-refractivity contribution in [3.8, 4) is 0 Å². The Morgan fingerprint density at radius 3 is 2.14 bits per heavy atom. The van der Waals surface area contributed by atoms with Gasteiger partial charge in [-0.1, -0.05) is 0 Å². The van der Waals surface area contributed by atoms with E-state index in [1.807, 2.05) is 0 Å². The van der Waals surface area contributed by atoms with Crippen molar-refractivity contribution in [1.29, 1.82) is 0 Å². The largest absolute Gasteiger partial charge is 0.354 e. The van der Waals surface area contributed by atoms with Crippen molar-refractivity contribution in [2.24, 2.45) is 11.7 Å². The number of likely N-dealkylation sites (tertiary alicyclic amines) is 2. The van der Waals surface area contributed by atoms with E-state index in [2.05, 4.69) is 16.7 Å². The Balaban J connectivity index is 1.86. The predicted octanol–water partition coefficient (Wildman–Crippen LogP) is 1.13. The van der Waals surface area contributed by atoms with Crippen LogP contribution in [-0.4, -0.2) is 75.1 Å². The molecular weight excluding hydrogens is 266 g/mol. The maximum Gasteiger partial charge on any atom is 0.176 e. The van der Waals surface area contributed by atoms with Crippen LogP contribution in [-0.2, 0) is 9.47 Å². The van der Waals surface area contributed by atoms with Crippen LogP contribution < -0.4 is 5.73 Å². The van der Waals surface area contributed by atoms with Crippen LogP contribution >= 0.6 is 0 Å². The zero-order valence-corrected chi connectivity index (χ0v) is 14.0. The molecule has 2 aliphatic rings. The Bertz CT molecular complexity index is 298. The van der Waals surface area contributed by atoms with Crippen LogP contribution in [0, 0.1) is 5.92 Å². The highest BCUT2D eigenvalue weighted by atomic mass is 16.7. The molecule has 0 aliphatic carbocycles. The standard InChI is InChI=1S/C16H33N3O2/c1-16(13-17,15(20-2)21-3)19-10-6-14(7-11-19)12-18-8-4-5-9-18/h14-15H,4-13,17H2,1-3H3. The maximum atomic E-state index is 6.05. The van der Waals surface area contributed by atoms with Gasteiger partial charge < -0.3 is 20.1 Å². The summed E-state index contributed by atoms with van der Waals surface area (Å²) in [5, 5.41) is 0. The molecule has 2 rings (SSSR count). The highest BCUT2D eigenvalue weighted by Gasteiger charge is 2.41. The molecule has 0 saturated carbocycles. The molecule has 0 amide bonds. The van der Waals surface area contributed by atoms with Crippen LogP contribution in [0.2, 0.25) is 0 Å². The summed E-state index contributed by atoms with van der Waals surface area (Å²) in [6, 6.07) is 0. The Morgan fingerprint density at radius 2 is 1.67 bits per heavy atom. The van der Waals surface area contributed by atoms with E-state index in [9.17, 15) is 0 Å². The summed E-state index contributed by atoms with van der Waals surface area (Å²) in [6.45, 7) is 8.78. The van der Waals surface area contributed by atoms with E-state index >= 15 is 0 Å². The van der Waals surface area contributed by atoms with Gasteiger partial charge in [-0.2, -0.15) is 0 Å². The molecule has 2 N–H and O–H groups in total. The summed E-state index contributed by atoms with van der Waals surface area (Å²) in [4.78, 5) is 5.10. The Labute approximate surface area is 129 Å². The normalized spacial score (nSPS) is 25.6. The summed E-state index contributed by atoms with van der Waals surface area (Å²) >= 11 is 0. The molecule has 0 aromatic rings. The number of hydrogen-bond acceptors (Lipinski definition) is 5. The summed E-state index contributed by atoms with van der Waals surface area (Å²) in [7, 11) is 3.39. The van der Waals surface area contributed by atoms with Gasteiger partial charge in [-0.3, -0.25) is 4.90 Å². The molecule has 5 heteroatoms. The highest BCUT2D eigenvalue weighted by molar-refractivity contribution is 4.93. The second kappa shape index (κ2) is 7.88. The zero-order valence-electron chi connectivity index (χ0n) is 14.0. The van der Waals surface area contributed by atoms with Gasteiger partial charge in [0.2, 0.25) is 0 Å². The van der Waals surface area contributed by atoms with E-state index in [1.54, 1.807) is 14.2 Å². The minimum absolute atomic E-state index is 0.234. The van der Waals surface area contributed by atoms with Gasteiger partial charge in [0.05, 0.1) is 5.54 Å². The van der Waals surface area contributed by atoms with Crippen molar-refractivity contribution in [3.63, 3.8) is 0 Å². The van der Waals surface area contributed by atoms with Crippen molar-refractivity contribution in [1.82, 2.24) is 9.80 Å². The number of ether oxygens (including phenoxy) is 2. The van der Waals surface area contributed by atoms with Gasteiger partial charge in [-0.25, -0.2) is 0 Å². The smallest absolute Gasteiger partial charge is 0.176 e. The highest BCUT2D eigenvalue weighted by Crippen LogP contribution is 2.28. The number of hydrogen-bond donors (Lipinski definition) is 1. The maximum absolute atomic E-state index is 6.05. The minimum Gasteiger partial charge on any atom is -0.354 e. The van der Waals surface area contributed by atoms with Gasteiger partial charge in [0.25, 0.3) is 0 Å². The van der Waals surface area contributed by atoms with Crippen LogP contribution in [0.4, 0.5) is 0 Å². The fourth-order valence-electron chi connectivity index (χ4n) is 3.94. The van der Waals surface area contributed by atoms with Crippen LogP contribution in [0.15, 0.2) is 0 Å². The fourth-order valence-corrected chi connectivity index (χ4v) is 3.94. The first-order valence-corrected chi connectivity index (χ1v) is 8.37. The summed E-state index contributed by atoms with van der Waals surface area (Å²) < 4.78 is 11.0. The van der Waals surface area contributed by atoms with Gasteiger partial charge in [-0.15, -0.1) is 0 Å². The van der Waals surface area contributed by atoms with Crippen LogP contribution in [0.5, 0.6) is 0 Å². The summed E-state index contributed by atoms with van der Waals surface area (Å²) in [5.74, 6) is 0.838. The predicted molar refractivity (Wildman–Crippen MR) is 85.2 cm³/mol. The van der Waals surface area contributed by atoms with Crippen LogP contribution in [0.1, 0.15) is 32.6 Å². The third-order valence-electron chi connectivity index (χ3n) is 5.40. The lowest BCUT2D eigenvalue weighted by atomic mass is 9.90. The van der Waals surface area contributed by atoms with Gasteiger partial charge >= 0.3 is 0 Å². The molecule has 2 saturated heterocycles. The van der Waals surface area contributed by atoms with Crippen LogP contribution in [0.25, 0.3) is 0 Å². The molecule has 0 spiro atoms. The molecule has 124 valence electrons. The average molecular weight is 299 g/mol. The Morgan fingerprint density at radius 1 is 1.10 bits per heavy atom. The molecule has 2 heterocycles. The quantitative estimate of drug-likeness (QED) is 0.714. The fraction of sp³-hybridized carbons (Fsp3) is 1.00.